The lowest BCUT2D eigenvalue weighted by Crippen LogP contribution is -2.08. The smallest absolute Gasteiger partial charge is 0.236 e. The quantitative estimate of drug-likeness (QED) is 0.614. The van der Waals surface area contributed by atoms with Gasteiger partial charge in [0.15, 0.2) is 6.29 Å². The standard InChI is InChI=1S/C10H8INO3S/c1-16(14,15)12-5-7(6-13)10-8(11)3-2-4-9(10)12/h2-6H,1H3. The fraction of sp³-hybridized carbons (Fsp3) is 0.100. The molecular weight excluding hydrogens is 341 g/mol. The minimum absolute atomic E-state index is 0.394. The van der Waals surface area contributed by atoms with Crippen molar-refractivity contribution < 1.29 is 13.2 Å². The lowest BCUT2D eigenvalue weighted by molar-refractivity contribution is 0.112. The van der Waals surface area contributed by atoms with Crippen LogP contribution >= 0.6 is 22.6 Å². The number of hydrogen-bond donors (Lipinski definition) is 0. The first-order chi connectivity index (χ1) is 7.45. The van der Waals surface area contributed by atoms with Crippen LogP contribution < -0.4 is 0 Å². The highest BCUT2D eigenvalue weighted by molar-refractivity contribution is 14.1. The van der Waals surface area contributed by atoms with E-state index >= 15 is 0 Å². The average Bonchev–Trinajstić information content (AvgIpc) is 2.57. The second-order valence-corrected chi connectivity index (χ2v) is 6.42. The predicted octanol–water partition coefficient (Wildman–Crippen LogP) is 1.87. The van der Waals surface area contributed by atoms with Crippen LogP contribution in [0.3, 0.4) is 0 Å². The summed E-state index contributed by atoms with van der Waals surface area (Å²) in [6.45, 7) is 0. The Morgan fingerprint density at radius 3 is 2.62 bits per heavy atom. The first-order valence-corrected chi connectivity index (χ1v) is 7.33. The number of halogens is 1. The molecule has 4 nitrogen and oxygen atoms in total. The first-order valence-electron chi connectivity index (χ1n) is 4.40. The molecule has 0 saturated heterocycles. The molecule has 0 aliphatic rings. The van der Waals surface area contributed by atoms with Gasteiger partial charge >= 0.3 is 0 Å². The van der Waals surface area contributed by atoms with Gasteiger partial charge in [0, 0.05) is 20.7 Å². The van der Waals surface area contributed by atoms with Crippen LogP contribution in [0.15, 0.2) is 24.4 Å². The summed E-state index contributed by atoms with van der Waals surface area (Å²) in [6.07, 6.45) is 3.14. The molecule has 84 valence electrons. The molecule has 0 aliphatic heterocycles. The van der Waals surface area contributed by atoms with E-state index in [1.165, 1.54) is 6.20 Å². The second kappa shape index (κ2) is 3.85. The first kappa shape index (κ1) is 11.6. The van der Waals surface area contributed by atoms with Crippen LogP contribution in [-0.2, 0) is 10.0 Å². The highest BCUT2D eigenvalue weighted by Crippen LogP contribution is 2.26. The van der Waals surface area contributed by atoms with Gasteiger partial charge in [-0.05, 0) is 34.7 Å². The molecular formula is C10H8INO3S. The third kappa shape index (κ3) is 1.75. The van der Waals surface area contributed by atoms with E-state index in [1.807, 2.05) is 6.07 Å². The largest absolute Gasteiger partial charge is 0.298 e. The summed E-state index contributed by atoms with van der Waals surface area (Å²) >= 11 is 2.08. The minimum Gasteiger partial charge on any atom is -0.298 e. The molecule has 0 spiro atoms. The Bertz CT molecular complexity index is 673. The van der Waals surface area contributed by atoms with Crippen molar-refractivity contribution in [1.82, 2.24) is 3.97 Å². The summed E-state index contributed by atoms with van der Waals surface area (Å²) < 4.78 is 25.1. The Kier molecular flexibility index (Phi) is 2.79. The fourth-order valence-electron chi connectivity index (χ4n) is 1.61. The van der Waals surface area contributed by atoms with Crippen molar-refractivity contribution in [3.8, 4) is 0 Å². The molecule has 2 aromatic rings. The molecule has 2 rings (SSSR count). The molecule has 0 N–H and O–H groups in total. The molecule has 0 radical (unpaired) electrons. The van der Waals surface area contributed by atoms with E-state index in [4.69, 9.17) is 0 Å². The number of aldehydes is 1. The van der Waals surface area contributed by atoms with Crippen molar-refractivity contribution in [3.63, 3.8) is 0 Å². The van der Waals surface area contributed by atoms with Crippen molar-refractivity contribution >= 4 is 49.8 Å². The third-order valence-corrected chi connectivity index (χ3v) is 4.17. The van der Waals surface area contributed by atoms with Gasteiger partial charge in [-0.3, -0.25) is 4.79 Å². The van der Waals surface area contributed by atoms with E-state index in [0.29, 0.717) is 22.8 Å². The fourth-order valence-corrected chi connectivity index (χ4v) is 3.22. The number of nitrogens with zero attached hydrogens (tertiary/aromatic N) is 1. The van der Waals surface area contributed by atoms with Gasteiger partial charge in [-0.15, -0.1) is 0 Å². The number of benzene rings is 1. The lowest BCUT2D eigenvalue weighted by Gasteiger charge is -2.01. The molecule has 1 heterocycles. The van der Waals surface area contributed by atoms with E-state index in [2.05, 4.69) is 22.6 Å². The third-order valence-electron chi connectivity index (χ3n) is 2.26. The van der Waals surface area contributed by atoms with Crippen LogP contribution in [0.5, 0.6) is 0 Å². The molecule has 16 heavy (non-hydrogen) atoms. The van der Waals surface area contributed by atoms with Gasteiger partial charge < -0.3 is 0 Å². The van der Waals surface area contributed by atoms with Crippen molar-refractivity contribution in [3.05, 3.63) is 33.5 Å². The Morgan fingerprint density at radius 2 is 2.06 bits per heavy atom. The number of fused-ring (bicyclic) bond motifs is 1. The molecule has 6 heteroatoms. The SMILES string of the molecule is CS(=O)(=O)n1cc(C=O)c2c(I)cccc21. The van der Waals surface area contributed by atoms with Crippen molar-refractivity contribution in [2.24, 2.45) is 0 Å². The highest BCUT2D eigenvalue weighted by Gasteiger charge is 2.15. The number of hydrogen-bond acceptors (Lipinski definition) is 3. The van der Waals surface area contributed by atoms with Gasteiger partial charge in [-0.2, -0.15) is 0 Å². The van der Waals surface area contributed by atoms with Crippen LogP contribution in [0.4, 0.5) is 0 Å². The highest BCUT2D eigenvalue weighted by atomic mass is 127. The maximum absolute atomic E-state index is 11.5. The summed E-state index contributed by atoms with van der Waals surface area (Å²) in [4.78, 5) is 10.9. The molecule has 0 aliphatic carbocycles. The Labute approximate surface area is 106 Å². The Morgan fingerprint density at radius 1 is 1.38 bits per heavy atom. The van der Waals surface area contributed by atoms with E-state index in [0.717, 1.165) is 13.8 Å². The van der Waals surface area contributed by atoms with E-state index < -0.39 is 10.0 Å². The van der Waals surface area contributed by atoms with E-state index in [-0.39, 0.29) is 0 Å². The van der Waals surface area contributed by atoms with Gasteiger partial charge in [-0.1, -0.05) is 6.07 Å². The molecule has 0 saturated carbocycles. The normalized spacial score (nSPS) is 11.9. The summed E-state index contributed by atoms with van der Waals surface area (Å²) in [5.74, 6) is 0. The van der Waals surface area contributed by atoms with Crippen LogP contribution in [0.2, 0.25) is 0 Å². The summed E-state index contributed by atoms with van der Waals surface area (Å²) in [7, 11) is -3.38. The van der Waals surface area contributed by atoms with Gasteiger partial charge in [0.25, 0.3) is 0 Å². The van der Waals surface area contributed by atoms with Crippen molar-refractivity contribution in [1.29, 1.82) is 0 Å². The van der Waals surface area contributed by atoms with E-state index in [1.54, 1.807) is 12.1 Å². The number of rotatable bonds is 2. The average molecular weight is 349 g/mol. The number of aromatic nitrogens is 1. The van der Waals surface area contributed by atoms with Crippen LogP contribution in [0, 0.1) is 3.57 Å². The zero-order valence-corrected chi connectivity index (χ0v) is 11.3. The lowest BCUT2D eigenvalue weighted by atomic mass is 10.2. The van der Waals surface area contributed by atoms with Crippen LogP contribution in [0.25, 0.3) is 10.9 Å². The molecule has 1 aromatic carbocycles. The molecule has 0 amide bonds. The summed E-state index contributed by atoms with van der Waals surface area (Å²) in [6, 6.07) is 5.29. The summed E-state index contributed by atoms with van der Waals surface area (Å²) in [5, 5.41) is 0.684. The van der Waals surface area contributed by atoms with Gasteiger partial charge in [0.1, 0.15) is 0 Å². The van der Waals surface area contributed by atoms with Crippen LogP contribution in [0.1, 0.15) is 10.4 Å². The van der Waals surface area contributed by atoms with Crippen molar-refractivity contribution in [2.75, 3.05) is 6.26 Å². The topological polar surface area (TPSA) is 56.1 Å². The monoisotopic (exact) mass is 349 g/mol. The maximum atomic E-state index is 11.5. The zero-order valence-electron chi connectivity index (χ0n) is 8.34. The van der Waals surface area contributed by atoms with Crippen molar-refractivity contribution in [2.45, 2.75) is 0 Å². The van der Waals surface area contributed by atoms with Gasteiger partial charge in [0.05, 0.1) is 11.8 Å². The predicted molar refractivity (Wildman–Crippen MR) is 70.3 cm³/mol. The maximum Gasteiger partial charge on any atom is 0.236 e. The molecule has 0 atom stereocenters. The Balaban J connectivity index is 3.00. The number of carbonyl (C=O) groups excluding carboxylic acids is 1. The van der Waals surface area contributed by atoms with Gasteiger partial charge in [-0.25, -0.2) is 12.4 Å². The molecule has 0 fully saturated rings. The minimum atomic E-state index is -3.38. The second-order valence-electron chi connectivity index (χ2n) is 3.40. The number of carbonyl (C=O) groups is 1. The molecule has 0 bridgehead atoms. The summed E-state index contributed by atoms with van der Waals surface area (Å²) in [5.41, 5.74) is 0.932. The van der Waals surface area contributed by atoms with Crippen LogP contribution in [-0.4, -0.2) is 24.9 Å². The van der Waals surface area contributed by atoms with Gasteiger partial charge in [0.2, 0.25) is 10.0 Å². The zero-order chi connectivity index (χ0) is 11.9. The Hall–Kier alpha value is -0.890. The molecule has 1 aromatic heterocycles. The van der Waals surface area contributed by atoms with E-state index in [9.17, 15) is 13.2 Å². The molecule has 0 unspecified atom stereocenters.